The van der Waals surface area contributed by atoms with Crippen molar-refractivity contribution in [1.82, 2.24) is 5.32 Å². The molecule has 0 aromatic heterocycles. The number of alkyl carbamates (subject to hydrolysis) is 1. The fraction of sp³-hybridized carbons (Fsp3) is 0.160. The third-order valence-electron chi connectivity index (χ3n) is 5.64. The van der Waals surface area contributed by atoms with Crippen molar-refractivity contribution in [2.45, 2.75) is 18.4 Å². The second kappa shape index (κ2) is 8.93. The summed E-state index contributed by atoms with van der Waals surface area (Å²) in [5, 5.41) is 12.0. The first-order valence-electron chi connectivity index (χ1n) is 10.2. The summed E-state index contributed by atoms with van der Waals surface area (Å²) in [7, 11) is 0. The Balaban J connectivity index is 1.45. The highest BCUT2D eigenvalue weighted by atomic mass is 16.5. The molecule has 1 unspecified atom stereocenters. The fourth-order valence-electron chi connectivity index (χ4n) is 4.14. The van der Waals surface area contributed by atoms with Gasteiger partial charge in [0.1, 0.15) is 12.6 Å². The highest BCUT2D eigenvalue weighted by molar-refractivity contribution is 5.94. The summed E-state index contributed by atoms with van der Waals surface area (Å²) in [5.74, 6) is -2.03. The number of carboxylic acids is 1. The zero-order chi connectivity index (χ0) is 22.7. The van der Waals surface area contributed by atoms with Crippen LogP contribution >= 0.6 is 0 Å². The number of primary amides is 1. The number of rotatable bonds is 7. The van der Waals surface area contributed by atoms with Crippen LogP contribution in [0.25, 0.3) is 11.1 Å². The molecule has 2 amide bonds. The molecule has 0 radical (unpaired) electrons. The van der Waals surface area contributed by atoms with E-state index in [2.05, 4.69) is 5.32 Å². The molecule has 0 aliphatic heterocycles. The number of hydrogen-bond acceptors (Lipinski definition) is 4. The maximum atomic E-state index is 12.5. The summed E-state index contributed by atoms with van der Waals surface area (Å²) >= 11 is 0. The topological polar surface area (TPSA) is 119 Å². The number of amides is 2. The summed E-state index contributed by atoms with van der Waals surface area (Å²) in [6.45, 7) is 0.0735. The van der Waals surface area contributed by atoms with Crippen LogP contribution < -0.4 is 11.1 Å². The molecule has 7 heteroatoms. The van der Waals surface area contributed by atoms with Gasteiger partial charge in [-0.2, -0.15) is 0 Å². The van der Waals surface area contributed by atoms with Crippen molar-refractivity contribution in [2.24, 2.45) is 5.73 Å². The van der Waals surface area contributed by atoms with Gasteiger partial charge in [0, 0.05) is 17.9 Å². The first-order chi connectivity index (χ1) is 15.5. The van der Waals surface area contributed by atoms with Crippen LogP contribution in [0.5, 0.6) is 0 Å². The van der Waals surface area contributed by atoms with Gasteiger partial charge in [0.15, 0.2) is 0 Å². The minimum atomic E-state index is -1.27. The number of fused-ring (bicyclic) bond motifs is 3. The van der Waals surface area contributed by atoms with Gasteiger partial charge in [-0.25, -0.2) is 9.59 Å². The molecular weight excluding hydrogens is 408 g/mol. The van der Waals surface area contributed by atoms with Crippen molar-refractivity contribution >= 4 is 18.0 Å². The predicted molar refractivity (Wildman–Crippen MR) is 118 cm³/mol. The van der Waals surface area contributed by atoms with E-state index in [0.29, 0.717) is 5.56 Å². The van der Waals surface area contributed by atoms with E-state index in [1.54, 1.807) is 18.2 Å². The largest absolute Gasteiger partial charge is 0.480 e. The summed E-state index contributed by atoms with van der Waals surface area (Å²) in [6, 6.07) is 21.0. The first-order valence-corrected chi connectivity index (χ1v) is 10.2. The van der Waals surface area contributed by atoms with Gasteiger partial charge in [0.05, 0.1) is 0 Å². The molecule has 1 aliphatic carbocycles. The lowest BCUT2D eigenvalue weighted by atomic mass is 9.98. The standard InChI is InChI=1S/C25H22N2O5/c26-23(28)16-8-2-1-7-15(16)13-22(24(29)30)27-25(31)32-14-21-19-11-5-3-9-17(19)18-10-4-6-12-20(18)21/h1-12,21-22H,13-14H2,(H2,26,28)(H,27,31)(H,29,30). The van der Waals surface area contributed by atoms with Crippen LogP contribution in [0.3, 0.4) is 0 Å². The van der Waals surface area contributed by atoms with E-state index in [-0.39, 0.29) is 24.5 Å². The number of carbonyl (C=O) groups is 3. The number of hydrogen-bond donors (Lipinski definition) is 3. The third kappa shape index (κ3) is 4.18. The molecule has 0 heterocycles. The Morgan fingerprint density at radius 2 is 1.47 bits per heavy atom. The second-order valence-electron chi connectivity index (χ2n) is 7.59. The molecule has 4 N–H and O–H groups in total. The number of aliphatic carboxylic acids is 1. The highest BCUT2D eigenvalue weighted by Gasteiger charge is 2.30. The van der Waals surface area contributed by atoms with E-state index in [1.807, 2.05) is 48.5 Å². The number of carbonyl (C=O) groups excluding carboxylic acids is 2. The average molecular weight is 430 g/mol. The van der Waals surface area contributed by atoms with Crippen LogP contribution in [0.2, 0.25) is 0 Å². The van der Waals surface area contributed by atoms with Gasteiger partial charge >= 0.3 is 12.1 Å². The van der Waals surface area contributed by atoms with E-state index >= 15 is 0 Å². The van der Waals surface area contributed by atoms with E-state index in [0.717, 1.165) is 22.3 Å². The lowest BCUT2D eigenvalue weighted by Gasteiger charge is -2.18. The van der Waals surface area contributed by atoms with Gasteiger partial charge in [-0.05, 0) is 33.9 Å². The fourth-order valence-corrected chi connectivity index (χ4v) is 4.14. The highest BCUT2D eigenvalue weighted by Crippen LogP contribution is 2.44. The van der Waals surface area contributed by atoms with Crippen molar-refractivity contribution in [2.75, 3.05) is 6.61 Å². The molecule has 0 saturated carbocycles. The number of nitrogens with two attached hydrogens (primary N) is 1. The number of ether oxygens (including phenoxy) is 1. The molecular formula is C25H22N2O5. The quantitative estimate of drug-likeness (QED) is 0.531. The number of benzene rings is 3. The monoisotopic (exact) mass is 430 g/mol. The zero-order valence-electron chi connectivity index (χ0n) is 17.2. The third-order valence-corrected chi connectivity index (χ3v) is 5.64. The molecule has 32 heavy (non-hydrogen) atoms. The number of nitrogens with one attached hydrogen (secondary N) is 1. The Labute approximate surface area is 184 Å². The van der Waals surface area contributed by atoms with Crippen LogP contribution in [-0.2, 0) is 16.0 Å². The molecule has 7 nitrogen and oxygen atoms in total. The van der Waals surface area contributed by atoms with E-state index in [1.165, 1.54) is 6.07 Å². The van der Waals surface area contributed by atoms with Crippen molar-refractivity contribution in [3.8, 4) is 11.1 Å². The van der Waals surface area contributed by atoms with E-state index in [9.17, 15) is 19.5 Å². The van der Waals surface area contributed by atoms with Crippen LogP contribution in [0, 0.1) is 0 Å². The van der Waals surface area contributed by atoms with Gasteiger partial charge in [-0.1, -0.05) is 66.7 Å². The molecule has 3 aromatic rings. The van der Waals surface area contributed by atoms with Gasteiger partial charge < -0.3 is 20.9 Å². The van der Waals surface area contributed by atoms with Crippen molar-refractivity contribution in [1.29, 1.82) is 0 Å². The van der Waals surface area contributed by atoms with Crippen molar-refractivity contribution in [3.05, 3.63) is 95.1 Å². The average Bonchev–Trinajstić information content (AvgIpc) is 3.11. The minimum absolute atomic E-state index is 0.0735. The molecule has 4 rings (SSSR count). The van der Waals surface area contributed by atoms with Crippen LogP contribution in [-0.4, -0.2) is 35.7 Å². The lowest BCUT2D eigenvalue weighted by Crippen LogP contribution is -2.43. The Morgan fingerprint density at radius 3 is 2.06 bits per heavy atom. The van der Waals surface area contributed by atoms with Crippen LogP contribution in [0.1, 0.15) is 33.0 Å². The summed E-state index contributed by atoms with van der Waals surface area (Å²) in [5.41, 5.74) is 10.3. The Hall–Kier alpha value is -4.13. The van der Waals surface area contributed by atoms with Crippen LogP contribution in [0.15, 0.2) is 72.8 Å². The van der Waals surface area contributed by atoms with Gasteiger partial charge in [-0.3, -0.25) is 4.79 Å². The molecule has 0 fully saturated rings. The SMILES string of the molecule is NC(=O)c1ccccc1CC(NC(=O)OCC1c2ccccc2-c2ccccc21)C(=O)O. The Morgan fingerprint density at radius 1 is 0.906 bits per heavy atom. The lowest BCUT2D eigenvalue weighted by molar-refractivity contribution is -0.139. The van der Waals surface area contributed by atoms with Gasteiger partial charge in [0.25, 0.3) is 0 Å². The summed E-state index contributed by atoms with van der Waals surface area (Å²) < 4.78 is 5.43. The van der Waals surface area contributed by atoms with Crippen molar-refractivity contribution < 1.29 is 24.2 Å². The molecule has 1 atom stereocenters. The second-order valence-corrected chi connectivity index (χ2v) is 7.59. The first kappa shape index (κ1) is 21.1. The van der Waals surface area contributed by atoms with Crippen molar-refractivity contribution in [3.63, 3.8) is 0 Å². The molecule has 1 aliphatic rings. The maximum Gasteiger partial charge on any atom is 0.407 e. The Bertz CT molecular complexity index is 1140. The predicted octanol–water partition coefficient (Wildman–Crippen LogP) is 3.32. The minimum Gasteiger partial charge on any atom is -0.480 e. The molecule has 3 aromatic carbocycles. The zero-order valence-corrected chi connectivity index (χ0v) is 17.2. The molecule has 0 bridgehead atoms. The van der Waals surface area contributed by atoms with Crippen LogP contribution in [0.4, 0.5) is 4.79 Å². The smallest absolute Gasteiger partial charge is 0.407 e. The van der Waals surface area contributed by atoms with E-state index in [4.69, 9.17) is 10.5 Å². The maximum absolute atomic E-state index is 12.5. The normalized spacial score (nSPS) is 13.0. The molecule has 162 valence electrons. The molecule has 0 saturated heterocycles. The van der Waals surface area contributed by atoms with E-state index < -0.39 is 24.0 Å². The number of carboxylic acid groups (broad SMARTS) is 1. The Kier molecular flexibility index (Phi) is 5.89. The molecule has 0 spiro atoms. The van der Waals surface area contributed by atoms with Gasteiger partial charge in [0.2, 0.25) is 5.91 Å². The summed E-state index contributed by atoms with van der Waals surface area (Å²) in [4.78, 5) is 35.8. The summed E-state index contributed by atoms with van der Waals surface area (Å²) in [6.07, 6.45) is -0.936. The van der Waals surface area contributed by atoms with Gasteiger partial charge in [-0.15, -0.1) is 0 Å².